The molecule has 1 aliphatic heterocycles. The van der Waals surface area contributed by atoms with E-state index < -0.39 is 0 Å². The molecular weight excluding hydrogens is 312 g/mol. The van der Waals surface area contributed by atoms with Crippen molar-refractivity contribution in [1.82, 2.24) is 15.1 Å². The topological polar surface area (TPSA) is 40.1 Å². The highest BCUT2D eigenvalue weighted by molar-refractivity contribution is 5.80. The molecule has 5 heteroatoms. The van der Waals surface area contributed by atoms with Gasteiger partial charge in [0.15, 0.2) is 5.96 Å². The normalized spacial score (nSPS) is 18.0. The summed E-state index contributed by atoms with van der Waals surface area (Å²) in [5.41, 5.74) is 1.39. The Balaban J connectivity index is 1.95. The van der Waals surface area contributed by atoms with E-state index in [9.17, 15) is 0 Å². The number of nitrogens with one attached hydrogen (secondary N) is 1. The number of methoxy groups -OCH3 is 1. The highest BCUT2D eigenvalue weighted by Gasteiger charge is 2.26. The number of aliphatic imine (C=N–C) groups is 1. The Morgan fingerprint density at radius 2 is 1.96 bits per heavy atom. The van der Waals surface area contributed by atoms with E-state index >= 15 is 0 Å². The van der Waals surface area contributed by atoms with Gasteiger partial charge >= 0.3 is 0 Å². The number of benzene rings is 1. The van der Waals surface area contributed by atoms with E-state index in [1.54, 1.807) is 7.11 Å². The predicted octanol–water partition coefficient (Wildman–Crippen LogP) is 2.79. The van der Waals surface area contributed by atoms with Crippen LogP contribution >= 0.6 is 0 Å². The molecule has 1 aliphatic rings. The summed E-state index contributed by atoms with van der Waals surface area (Å²) < 4.78 is 5.26. The molecule has 0 aliphatic carbocycles. The van der Waals surface area contributed by atoms with Crippen molar-refractivity contribution < 1.29 is 4.74 Å². The van der Waals surface area contributed by atoms with Gasteiger partial charge in [0.1, 0.15) is 5.75 Å². The molecule has 0 amide bonds. The van der Waals surface area contributed by atoms with Crippen molar-refractivity contribution in [3.63, 3.8) is 0 Å². The van der Waals surface area contributed by atoms with Crippen molar-refractivity contribution in [3.8, 4) is 5.75 Å². The zero-order chi connectivity index (χ0) is 18.1. The standard InChI is InChI=1S/C20H34N4O/c1-5-21-20(22-13-15-23(6-2)7-3)24-14-12-18(16-24)17-8-10-19(25-4)11-9-17/h8-11,18H,5-7,12-16H2,1-4H3,(H,21,22). The van der Waals surface area contributed by atoms with E-state index in [1.807, 2.05) is 0 Å². The molecule has 1 unspecified atom stereocenters. The lowest BCUT2D eigenvalue weighted by Gasteiger charge is -2.23. The fraction of sp³-hybridized carbons (Fsp3) is 0.650. The molecule has 0 bridgehead atoms. The first-order chi connectivity index (χ1) is 12.2. The average molecular weight is 347 g/mol. The van der Waals surface area contributed by atoms with Gasteiger partial charge in [0.25, 0.3) is 0 Å². The summed E-state index contributed by atoms with van der Waals surface area (Å²) in [6.07, 6.45) is 1.17. The first kappa shape index (κ1) is 19.6. The van der Waals surface area contributed by atoms with Crippen molar-refractivity contribution in [2.75, 3.05) is 52.9 Å². The van der Waals surface area contributed by atoms with E-state index in [2.05, 4.69) is 60.2 Å². The monoisotopic (exact) mass is 346 g/mol. The van der Waals surface area contributed by atoms with E-state index in [-0.39, 0.29) is 0 Å². The second kappa shape index (κ2) is 10.3. The third-order valence-electron chi connectivity index (χ3n) is 4.98. The van der Waals surface area contributed by atoms with Crippen molar-refractivity contribution >= 4 is 5.96 Å². The summed E-state index contributed by atoms with van der Waals surface area (Å²) in [6.45, 7) is 13.6. The molecule has 1 heterocycles. The quantitative estimate of drug-likeness (QED) is 0.580. The Morgan fingerprint density at radius 3 is 2.56 bits per heavy atom. The maximum Gasteiger partial charge on any atom is 0.193 e. The molecule has 0 aromatic heterocycles. The molecule has 1 atom stereocenters. The molecule has 1 N–H and O–H groups in total. The van der Waals surface area contributed by atoms with Crippen molar-refractivity contribution in [2.45, 2.75) is 33.1 Å². The van der Waals surface area contributed by atoms with Gasteiger partial charge in [-0.1, -0.05) is 26.0 Å². The lowest BCUT2D eigenvalue weighted by molar-refractivity contribution is 0.312. The van der Waals surface area contributed by atoms with Crippen LogP contribution in [-0.2, 0) is 0 Å². The van der Waals surface area contributed by atoms with Gasteiger partial charge in [0.05, 0.1) is 13.7 Å². The Bertz CT molecular complexity index is 525. The number of hydrogen-bond acceptors (Lipinski definition) is 3. The third-order valence-corrected chi connectivity index (χ3v) is 4.98. The largest absolute Gasteiger partial charge is 0.497 e. The SMILES string of the molecule is CCNC(=NCCN(CC)CC)N1CCC(c2ccc(OC)cc2)C1. The molecule has 2 rings (SSSR count). The van der Waals surface area contributed by atoms with Gasteiger partial charge in [-0.05, 0) is 44.1 Å². The Hall–Kier alpha value is -1.75. The van der Waals surface area contributed by atoms with E-state index in [1.165, 1.54) is 12.0 Å². The van der Waals surface area contributed by atoms with Crippen molar-refractivity contribution in [2.24, 2.45) is 4.99 Å². The number of guanidine groups is 1. The fourth-order valence-electron chi connectivity index (χ4n) is 3.36. The number of ether oxygens (including phenoxy) is 1. The summed E-state index contributed by atoms with van der Waals surface area (Å²) in [7, 11) is 1.71. The summed E-state index contributed by atoms with van der Waals surface area (Å²) in [6, 6.07) is 8.50. The number of hydrogen-bond donors (Lipinski definition) is 1. The van der Waals surface area contributed by atoms with Gasteiger partial charge in [0.2, 0.25) is 0 Å². The summed E-state index contributed by atoms with van der Waals surface area (Å²) in [5.74, 6) is 2.55. The lowest BCUT2D eigenvalue weighted by Crippen LogP contribution is -2.40. The minimum absolute atomic E-state index is 0.567. The molecule has 0 saturated carbocycles. The van der Waals surface area contributed by atoms with Crippen molar-refractivity contribution in [1.29, 1.82) is 0 Å². The summed E-state index contributed by atoms with van der Waals surface area (Å²) in [5, 5.41) is 3.46. The zero-order valence-corrected chi connectivity index (χ0v) is 16.3. The van der Waals surface area contributed by atoms with Crippen LogP contribution in [0.25, 0.3) is 0 Å². The van der Waals surface area contributed by atoms with E-state index in [4.69, 9.17) is 9.73 Å². The number of likely N-dealkylation sites (N-methyl/N-ethyl adjacent to an activating group) is 1. The van der Waals surface area contributed by atoms with E-state index in [0.717, 1.165) is 57.5 Å². The first-order valence-corrected chi connectivity index (χ1v) is 9.61. The summed E-state index contributed by atoms with van der Waals surface area (Å²) >= 11 is 0. The number of likely N-dealkylation sites (tertiary alicyclic amines) is 1. The van der Waals surface area contributed by atoms with Crippen LogP contribution in [0.1, 0.15) is 38.7 Å². The van der Waals surface area contributed by atoms with Crippen LogP contribution in [0.5, 0.6) is 5.75 Å². The van der Waals surface area contributed by atoms with Crippen molar-refractivity contribution in [3.05, 3.63) is 29.8 Å². The lowest BCUT2D eigenvalue weighted by atomic mass is 9.98. The molecule has 1 fully saturated rings. The molecule has 1 aromatic carbocycles. The predicted molar refractivity (Wildman–Crippen MR) is 106 cm³/mol. The van der Waals surface area contributed by atoms with E-state index in [0.29, 0.717) is 5.92 Å². The van der Waals surface area contributed by atoms with Crippen LogP contribution in [0.4, 0.5) is 0 Å². The number of rotatable bonds is 8. The molecule has 0 radical (unpaired) electrons. The zero-order valence-electron chi connectivity index (χ0n) is 16.3. The van der Waals surface area contributed by atoms with Crippen LogP contribution in [0, 0.1) is 0 Å². The fourth-order valence-corrected chi connectivity index (χ4v) is 3.36. The molecule has 1 aromatic rings. The molecule has 5 nitrogen and oxygen atoms in total. The molecule has 0 spiro atoms. The van der Waals surface area contributed by atoms with Gasteiger partial charge in [-0.2, -0.15) is 0 Å². The Morgan fingerprint density at radius 1 is 1.24 bits per heavy atom. The van der Waals surface area contributed by atoms with Crippen LogP contribution in [0.3, 0.4) is 0 Å². The maximum atomic E-state index is 5.26. The highest BCUT2D eigenvalue weighted by Crippen LogP contribution is 2.28. The second-order valence-corrected chi connectivity index (χ2v) is 6.47. The molecular formula is C20H34N4O. The van der Waals surface area contributed by atoms with Gasteiger partial charge in [0, 0.05) is 32.1 Å². The van der Waals surface area contributed by atoms with Gasteiger partial charge in [-0.25, -0.2) is 0 Å². The smallest absolute Gasteiger partial charge is 0.193 e. The maximum absolute atomic E-state index is 5.26. The minimum Gasteiger partial charge on any atom is -0.497 e. The Labute approximate surface area is 153 Å². The summed E-state index contributed by atoms with van der Waals surface area (Å²) in [4.78, 5) is 9.67. The van der Waals surface area contributed by atoms with Crippen LogP contribution in [0.15, 0.2) is 29.3 Å². The van der Waals surface area contributed by atoms with Crippen LogP contribution in [0.2, 0.25) is 0 Å². The number of nitrogens with zero attached hydrogens (tertiary/aromatic N) is 3. The minimum atomic E-state index is 0.567. The second-order valence-electron chi connectivity index (χ2n) is 6.47. The van der Waals surface area contributed by atoms with Gasteiger partial charge in [-0.3, -0.25) is 4.99 Å². The van der Waals surface area contributed by atoms with Crippen LogP contribution < -0.4 is 10.1 Å². The molecule has 140 valence electrons. The molecule has 1 saturated heterocycles. The first-order valence-electron chi connectivity index (χ1n) is 9.61. The Kier molecular flexibility index (Phi) is 8.06. The third kappa shape index (κ3) is 5.63. The van der Waals surface area contributed by atoms with Gasteiger partial charge < -0.3 is 19.9 Å². The van der Waals surface area contributed by atoms with Gasteiger partial charge in [-0.15, -0.1) is 0 Å². The van der Waals surface area contributed by atoms with Crippen LogP contribution in [-0.4, -0.2) is 68.7 Å². The average Bonchev–Trinajstić information content (AvgIpc) is 3.14. The molecule has 25 heavy (non-hydrogen) atoms. The highest BCUT2D eigenvalue weighted by atomic mass is 16.5.